The third-order valence-electron chi connectivity index (χ3n) is 1.41. The van der Waals surface area contributed by atoms with Crippen molar-refractivity contribution in [2.75, 3.05) is 0 Å². The zero-order valence-corrected chi connectivity index (χ0v) is 13.1. The summed E-state index contributed by atoms with van der Waals surface area (Å²) in [5.74, 6) is 1.77. The molecule has 0 atom stereocenters. The molecule has 0 aliphatic heterocycles. The number of rotatable bonds is 4. The molecule has 0 fully saturated rings. The third-order valence-corrected chi connectivity index (χ3v) is 9.53. The molecule has 0 aliphatic carbocycles. The van der Waals surface area contributed by atoms with Gasteiger partial charge in [0.15, 0.2) is 3.07 Å². The van der Waals surface area contributed by atoms with Crippen molar-refractivity contribution in [3.8, 4) is 0 Å². The second kappa shape index (κ2) is 5.42. The maximum absolute atomic E-state index is 2.73. The van der Waals surface area contributed by atoms with Crippen molar-refractivity contribution in [2.24, 2.45) is 11.8 Å². The van der Waals surface area contributed by atoms with E-state index in [4.69, 9.17) is 0 Å². The molecule has 0 aromatic carbocycles. The fourth-order valence-corrected chi connectivity index (χ4v) is 14.4. The molecular weight excluding hydrogens is 378 g/mol. The lowest BCUT2D eigenvalue weighted by molar-refractivity contribution is 0.698. The van der Waals surface area contributed by atoms with Crippen LogP contribution in [0.5, 0.6) is 0 Å². The van der Waals surface area contributed by atoms with Gasteiger partial charge in [0.25, 0.3) is 0 Å². The minimum atomic E-state index is -0.889. The zero-order chi connectivity index (χ0) is 9.07. The van der Waals surface area contributed by atoms with Crippen molar-refractivity contribution in [3.63, 3.8) is 0 Å². The summed E-state index contributed by atoms with van der Waals surface area (Å²) in [4.78, 5) is 0. The summed E-state index contributed by atoms with van der Waals surface area (Å²) in [5, 5.41) is 0. The lowest BCUT2D eigenvalue weighted by Gasteiger charge is -2.21. The molecule has 0 aliphatic rings. The highest BCUT2D eigenvalue weighted by molar-refractivity contribution is 14.3. The Balaban J connectivity index is 3.79. The van der Waals surface area contributed by atoms with Crippen LogP contribution in [0.1, 0.15) is 27.7 Å². The predicted octanol–water partition coefficient (Wildman–Crippen LogP) is 4.61. The summed E-state index contributed by atoms with van der Waals surface area (Å²) in [5.41, 5.74) is 0. The van der Waals surface area contributed by atoms with Crippen LogP contribution in [0.4, 0.5) is 0 Å². The second-order valence-electron chi connectivity index (χ2n) is 4.05. The molecule has 0 bridgehead atoms. The summed E-state index contributed by atoms with van der Waals surface area (Å²) in [7, 11) is 0. The van der Waals surface area contributed by atoms with E-state index in [-0.39, 0.29) is 0 Å². The fourth-order valence-electron chi connectivity index (χ4n) is 1.28. The number of hydrogen-bond acceptors (Lipinski definition) is 0. The van der Waals surface area contributed by atoms with Gasteiger partial charge in [0.1, 0.15) is 0 Å². The molecule has 0 aromatic heterocycles. The van der Waals surface area contributed by atoms with Crippen molar-refractivity contribution in [1.82, 2.24) is 0 Å². The van der Waals surface area contributed by atoms with E-state index in [0.29, 0.717) is 0 Å². The molecule has 0 saturated heterocycles. The molecule has 68 valence electrons. The summed E-state index contributed by atoms with van der Waals surface area (Å²) in [6, 6.07) is 2.93. The average molecular weight is 396 g/mol. The van der Waals surface area contributed by atoms with E-state index in [2.05, 4.69) is 71.3 Å². The van der Waals surface area contributed by atoms with Crippen molar-refractivity contribution in [2.45, 2.75) is 39.8 Å². The van der Waals surface area contributed by atoms with Crippen LogP contribution in [0.15, 0.2) is 0 Å². The minimum Gasteiger partial charge on any atom is -0.105 e. The van der Waals surface area contributed by atoms with Gasteiger partial charge in [0.2, 0.25) is 0 Å². The highest BCUT2D eigenvalue weighted by Crippen LogP contribution is 2.36. The van der Waals surface area contributed by atoms with Gasteiger partial charge >= 0.3 is 0 Å². The van der Waals surface area contributed by atoms with Crippen LogP contribution in [0.3, 0.4) is 0 Å². The number of hydrogen-bond donors (Lipinski definition) is 0. The Labute approximate surface area is 97.3 Å². The van der Waals surface area contributed by atoms with Crippen LogP contribution in [0.2, 0.25) is 12.1 Å². The third kappa shape index (κ3) is 8.02. The van der Waals surface area contributed by atoms with E-state index < -0.39 is 3.07 Å². The van der Waals surface area contributed by atoms with Crippen molar-refractivity contribution >= 4 is 46.7 Å². The average Bonchev–Trinajstić information content (AvgIpc) is 1.53. The van der Waals surface area contributed by atoms with Gasteiger partial charge in [-0.3, -0.25) is 0 Å². The van der Waals surface area contributed by atoms with Gasteiger partial charge in [-0.25, -0.2) is 0 Å². The van der Waals surface area contributed by atoms with Crippen molar-refractivity contribution in [1.29, 1.82) is 0 Å². The van der Waals surface area contributed by atoms with Gasteiger partial charge in [-0.15, -0.1) is 43.6 Å². The zero-order valence-electron chi connectivity index (χ0n) is 7.82. The fraction of sp³-hybridized carbons (Fsp3) is 1.00. The van der Waals surface area contributed by atoms with Crippen LogP contribution in [-0.4, -0.2) is 3.07 Å². The predicted molar refractivity (Wildman–Crippen MR) is 73.1 cm³/mol. The molecule has 0 N–H and O–H groups in total. The first-order valence-electron chi connectivity index (χ1n) is 4.21. The molecule has 0 amide bonds. The molecule has 0 aromatic rings. The minimum absolute atomic E-state index is 0.884. The number of halogens is 2. The van der Waals surface area contributed by atoms with Crippen LogP contribution in [0.25, 0.3) is 0 Å². The maximum atomic E-state index is 2.73. The standard InChI is InChI=1S/C8H18I2Si/c1-7(2)5-11(9,10)6-8(3)4/h7-8H,5-6H2,1-4H3. The Bertz CT molecular complexity index is 98.7. The molecule has 0 unspecified atom stereocenters. The van der Waals surface area contributed by atoms with E-state index in [0.717, 1.165) is 11.8 Å². The molecule has 0 nitrogen and oxygen atoms in total. The van der Waals surface area contributed by atoms with Gasteiger partial charge in [-0.05, 0) is 23.9 Å². The highest BCUT2D eigenvalue weighted by Gasteiger charge is 2.27. The quantitative estimate of drug-likeness (QED) is 0.370. The topological polar surface area (TPSA) is 0 Å². The van der Waals surface area contributed by atoms with E-state index in [1.54, 1.807) is 0 Å². The first kappa shape index (κ1) is 12.7. The summed E-state index contributed by atoms with van der Waals surface area (Å²) < 4.78 is -0.889. The van der Waals surface area contributed by atoms with Crippen LogP contribution in [-0.2, 0) is 0 Å². The molecule has 3 heteroatoms. The molecule has 11 heavy (non-hydrogen) atoms. The van der Waals surface area contributed by atoms with E-state index in [9.17, 15) is 0 Å². The Morgan fingerprint density at radius 3 is 1.36 bits per heavy atom. The molecule has 0 saturated carbocycles. The van der Waals surface area contributed by atoms with Gasteiger partial charge in [-0.1, -0.05) is 27.7 Å². The van der Waals surface area contributed by atoms with Crippen LogP contribution < -0.4 is 0 Å². The van der Waals surface area contributed by atoms with E-state index in [1.165, 1.54) is 12.1 Å². The molecular formula is C8H18I2Si. The summed E-state index contributed by atoms with van der Waals surface area (Å²) in [6.45, 7) is 9.33. The molecule has 0 heterocycles. The highest BCUT2D eigenvalue weighted by atomic mass is 127. The lowest BCUT2D eigenvalue weighted by atomic mass is 10.3. The van der Waals surface area contributed by atoms with Gasteiger partial charge in [0, 0.05) is 0 Å². The lowest BCUT2D eigenvalue weighted by Crippen LogP contribution is -2.21. The first-order chi connectivity index (χ1) is 4.83. The van der Waals surface area contributed by atoms with Crippen LogP contribution in [0, 0.1) is 11.8 Å². The SMILES string of the molecule is CC(C)C[Si](I)(I)CC(C)C. The second-order valence-corrected chi connectivity index (χ2v) is 25.2. The van der Waals surface area contributed by atoms with Crippen LogP contribution >= 0.6 is 43.6 Å². The van der Waals surface area contributed by atoms with E-state index in [1.807, 2.05) is 0 Å². The normalized spacial score (nSPS) is 13.1. The van der Waals surface area contributed by atoms with Gasteiger partial charge in [-0.2, -0.15) is 0 Å². The smallest absolute Gasteiger partial charge is 0.105 e. The summed E-state index contributed by atoms with van der Waals surface area (Å²) >= 11 is 5.46. The molecule has 0 spiro atoms. The van der Waals surface area contributed by atoms with E-state index >= 15 is 0 Å². The summed E-state index contributed by atoms with van der Waals surface area (Å²) in [6.07, 6.45) is 0. The van der Waals surface area contributed by atoms with Gasteiger partial charge < -0.3 is 0 Å². The Morgan fingerprint density at radius 2 is 1.18 bits per heavy atom. The largest absolute Gasteiger partial charge is 0.192 e. The first-order valence-corrected chi connectivity index (χ1v) is 12.9. The monoisotopic (exact) mass is 396 g/mol. The maximum Gasteiger partial charge on any atom is 0.192 e. The Hall–Kier alpha value is 1.68. The molecule has 0 radical (unpaired) electrons. The van der Waals surface area contributed by atoms with Crippen molar-refractivity contribution in [3.05, 3.63) is 0 Å². The van der Waals surface area contributed by atoms with Crippen molar-refractivity contribution < 1.29 is 0 Å². The molecule has 0 rings (SSSR count). The Kier molecular flexibility index (Phi) is 6.24. The van der Waals surface area contributed by atoms with Gasteiger partial charge in [0.05, 0.1) is 0 Å². The Morgan fingerprint density at radius 1 is 0.909 bits per heavy atom.